The zero-order valence-electron chi connectivity index (χ0n) is 14.4. The van der Waals surface area contributed by atoms with Crippen LogP contribution in [0.5, 0.6) is 0 Å². The molecule has 1 heterocycles. The fraction of sp³-hybridized carbons (Fsp3) is 0.529. The molecule has 1 saturated heterocycles. The lowest BCUT2D eigenvalue weighted by atomic mass is 10.3. The number of ether oxygens (including phenoxy) is 1. The van der Waals surface area contributed by atoms with Crippen LogP contribution in [0.15, 0.2) is 29.2 Å². The highest BCUT2D eigenvalue weighted by atomic mass is 35.5. The van der Waals surface area contributed by atoms with Crippen molar-refractivity contribution in [2.24, 2.45) is 11.8 Å². The van der Waals surface area contributed by atoms with Crippen molar-refractivity contribution in [1.82, 2.24) is 9.21 Å². The van der Waals surface area contributed by atoms with Crippen molar-refractivity contribution < 1.29 is 22.7 Å². The van der Waals surface area contributed by atoms with Gasteiger partial charge in [0, 0.05) is 26.2 Å². The Morgan fingerprint density at radius 3 is 2.38 bits per heavy atom. The number of hydrogen-bond donors (Lipinski definition) is 0. The minimum atomic E-state index is -3.70. The molecule has 7 nitrogen and oxygen atoms in total. The first-order valence-electron chi connectivity index (χ1n) is 8.50. The third-order valence-corrected chi connectivity index (χ3v) is 7.19. The Labute approximate surface area is 157 Å². The number of benzene rings is 1. The Balaban J connectivity index is 1.53. The Bertz CT molecular complexity index is 805. The summed E-state index contributed by atoms with van der Waals surface area (Å²) in [5.41, 5.74) is 0. The molecule has 0 unspecified atom stereocenters. The van der Waals surface area contributed by atoms with E-state index in [0.717, 1.165) is 6.42 Å². The molecule has 2 atom stereocenters. The Morgan fingerprint density at radius 1 is 1.19 bits per heavy atom. The summed E-state index contributed by atoms with van der Waals surface area (Å²) in [6.07, 6.45) is 0.811. The lowest BCUT2D eigenvalue weighted by Crippen LogP contribution is -2.51. The van der Waals surface area contributed by atoms with Gasteiger partial charge in [-0.1, -0.05) is 30.7 Å². The standard InChI is InChI=1S/C17H21ClN2O5S/c1-12-10-13(12)17(22)25-11-16(21)19-6-8-20(9-7-19)26(23,24)15-5-3-2-4-14(15)18/h2-5,12-13H,6-11H2,1H3/t12-,13+/m0/s1. The van der Waals surface area contributed by atoms with E-state index < -0.39 is 10.0 Å². The number of nitrogens with zero attached hydrogens (tertiary/aromatic N) is 2. The van der Waals surface area contributed by atoms with Crippen molar-refractivity contribution in [3.05, 3.63) is 29.3 Å². The molecule has 2 aliphatic rings. The van der Waals surface area contributed by atoms with Crippen molar-refractivity contribution in [2.45, 2.75) is 18.2 Å². The van der Waals surface area contributed by atoms with Crippen LogP contribution in [0.1, 0.15) is 13.3 Å². The van der Waals surface area contributed by atoms with Crippen LogP contribution in [0.25, 0.3) is 0 Å². The maximum atomic E-state index is 12.7. The van der Waals surface area contributed by atoms with Crippen LogP contribution in [0, 0.1) is 11.8 Å². The molecule has 2 fully saturated rings. The van der Waals surface area contributed by atoms with Gasteiger partial charge in [-0.3, -0.25) is 9.59 Å². The van der Waals surface area contributed by atoms with E-state index in [1.165, 1.54) is 21.3 Å². The third kappa shape index (κ3) is 4.02. The summed E-state index contributed by atoms with van der Waals surface area (Å²) < 4.78 is 31.7. The summed E-state index contributed by atoms with van der Waals surface area (Å²) in [5, 5.41) is 0.173. The lowest BCUT2D eigenvalue weighted by Gasteiger charge is -2.34. The van der Waals surface area contributed by atoms with Crippen molar-refractivity contribution >= 4 is 33.5 Å². The molecule has 0 radical (unpaired) electrons. The van der Waals surface area contributed by atoms with Crippen molar-refractivity contribution in [2.75, 3.05) is 32.8 Å². The van der Waals surface area contributed by atoms with Gasteiger partial charge in [0.2, 0.25) is 10.0 Å². The second-order valence-corrected chi connectivity index (χ2v) is 8.96. The fourth-order valence-electron chi connectivity index (χ4n) is 2.95. The number of piperazine rings is 1. The van der Waals surface area contributed by atoms with Crippen LogP contribution in [-0.2, 0) is 24.3 Å². The van der Waals surface area contributed by atoms with Crippen LogP contribution in [-0.4, -0.2) is 62.3 Å². The summed E-state index contributed by atoms with van der Waals surface area (Å²) in [6, 6.07) is 6.28. The molecule has 0 N–H and O–H groups in total. The fourth-order valence-corrected chi connectivity index (χ4v) is 4.87. The highest BCUT2D eigenvalue weighted by molar-refractivity contribution is 7.89. The molecule has 142 valence electrons. The number of amides is 1. The topological polar surface area (TPSA) is 84.0 Å². The number of carbonyl (C=O) groups excluding carboxylic acids is 2. The van der Waals surface area contributed by atoms with E-state index in [4.69, 9.17) is 16.3 Å². The minimum absolute atomic E-state index is 0.0638. The average molecular weight is 401 g/mol. The molecule has 9 heteroatoms. The summed E-state index contributed by atoms with van der Waals surface area (Å²) in [5.74, 6) is -0.385. The van der Waals surface area contributed by atoms with Crippen LogP contribution in [0.3, 0.4) is 0 Å². The van der Waals surface area contributed by atoms with Crippen molar-refractivity contribution in [3.63, 3.8) is 0 Å². The largest absolute Gasteiger partial charge is 0.455 e. The molecular weight excluding hydrogens is 380 g/mol. The first kappa shape index (κ1) is 19.1. The number of rotatable bonds is 5. The number of carbonyl (C=O) groups is 2. The molecule has 1 aromatic carbocycles. The van der Waals surface area contributed by atoms with Gasteiger partial charge in [-0.05, 0) is 24.5 Å². The van der Waals surface area contributed by atoms with E-state index in [-0.39, 0.29) is 60.5 Å². The zero-order chi connectivity index (χ0) is 18.9. The predicted molar refractivity (Wildman–Crippen MR) is 95.0 cm³/mol. The van der Waals surface area contributed by atoms with E-state index in [0.29, 0.717) is 5.92 Å². The molecule has 1 aliphatic heterocycles. The van der Waals surface area contributed by atoms with Gasteiger partial charge < -0.3 is 9.64 Å². The normalized spacial score (nSPS) is 23.5. The van der Waals surface area contributed by atoms with E-state index in [9.17, 15) is 18.0 Å². The van der Waals surface area contributed by atoms with Gasteiger partial charge in [0.05, 0.1) is 10.9 Å². The van der Waals surface area contributed by atoms with E-state index in [2.05, 4.69) is 0 Å². The Kier molecular flexibility index (Phi) is 5.55. The van der Waals surface area contributed by atoms with E-state index >= 15 is 0 Å². The van der Waals surface area contributed by atoms with Crippen LogP contribution >= 0.6 is 11.6 Å². The van der Waals surface area contributed by atoms with Gasteiger partial charge >= 0.3 is 5.97 Å². The molecule has 0 aromatic heterocycles. The highest BCUT2D eigenvalue weighted by Crippen LogP contribution is 2.38. The SMILES string of the molecule is C[C@H]1C[C@H]1C(=O)OCC(=O)N1CCN(S(=O)(=O)c2ccccc2Cl)CC1. The summed E-state index contributed by atoms with van der Waals surface area (Å²) in [6.45, 7) is 2.52. The number of hydrogen-bond acceptors (Lipinski definition) is 5. The van der Waals surface area contributed by atoms with Gasteiger partial charge in [0.15, 0.2) is 6.61 Å². The second kappa shape index (κ2) is 7.54. The van der Waals surface area contributed by atoms with Gasteiger partial charge in [-0.2, -0.15) is 4.31 Å². The minimum Gasteiger partial charge on any atom is -0.455 e. The predicted octanol–water partition coefficient (Wildman–Crippen LogP) is 1.37. The number of esters is 1. The Morgan fingerprint density at radius 2 is 1.81 bits per heavy atom. The quantitative estimate of drug-likeness (QED) is 0.697. The first-order chi connectivity index (χ1) is 12.3. The Hall–Kier alpha value is -1.64. The van der Waals surface area contributed by atoms with E-state index in [1.807, 2.05) is 6.92 Å². The van der Waals surface area contributed by atoms with E-state index in [1.54, 1.807) is 12.1 Å². The van der Waals surface area contributed by atoms with Gasteiger partial charge in [0.1, 0.15) is 4.90 Å². The molecule has 1 aromatic rings. The number of halogens is 1. The maximum absolute atomic E-state index is 12.7. The van der Waals surface area contributed by atoms with Crippen LogP contribution < -0.4 is 0 Å². The third-order valence-electron chi connectivity index (χ3n) is 4.80. The van der Waals surface area contributed by atoms with Crippen LogP contribution in [0.2, 0.25) is 5.02 Å². The second-order valence-electron chi connectivity index (χ2n) is 6.64. The zero-order valence-corrected chi connectivity index (χ0v) is 16.0. The molecular formula is C17H21ClN2O5S. The molecule has 1 saturated carbocycles. The summed E-state index contributed by atoms with van der Waals surface area (Å²) >= 11 is 6.00. The van der Waals surface area contributed by atoms with Crippen molar-refractivity contribution in [1.29, 1.82) is 0 Å². The summed E-state index contributed by atoms with van der Waals surface area (Å²) in [4.78, 5) is 25.4. The molecule has 0 spiro atoms. The van der Waals surface area contributed by atoms with Gasteiger partial charge in [0.25, 0.3) is 5.91 Å². The lowest BCUT2D eigenvalue weighted by molar-refractivity contribution is -0.153. The molecule has 26 heavy (non-hydrogen) atoms. The number of sulfonamides is 1. The summed E-state index contributed by atoms with van der Waals surface area (Å²) in [7, 11) is -3.70. The monoisotopic (exact) mass is 400 g/mol. The van der Waals surface area contributed by atoms with Gasteiger partial charge in [-0.15, -0.1) is 0 Å². The molecule has 0 bridgehead atoms. The average Bonchev–Trinajstić information content (AvgIpc) is 3.36. The molecule has 3 rings (SSSR count). The molecule has 1 aliphatic carbocycles. The maximum Gasteiger partial charge on any atom is 0.309 e. The van der Waals surface area contributed by atoms with Gasteiger partial charge in [-0.25, -0.2) is 8.42 Å². The van der Waals surface area contributed by atoms with Crippen LogP contribution in [0.4, 0.5) is 0 Å². The molecule has 1 amide bonds. The first-order valence-corrected chi connectivity index (χ1v) is 10.3. The van der Waals surface area contributed by atoms with Crippen molar-refractivity contribution in [3.8, 4) is 0 Å². The highest BCUT2D eigenvalue weighted by Gasteiger charge is 2.41. The smallest absolute Gasteiger partial charge is 0.309 e.